The predicted octanol–water partition coefficient (Wildman–Crippen LogP) is 0.125. The first-order valence-corrected chi connectivity index (χ1v) is 2.76. The first-order valence-electron chi connectivity index (χ1n) is 2.76. The van der Waals surface area contributed by atoms with Gasteiger partial charge >= 0.3 is 0 Å². The third-order valence-electron chi connectivity index (χ3n) is 1.07. The number of nitriles is 1. The van der Waals surface area contributed by atoms with Gasteiger partial charge in [-0.3, -0.25) is 0 Å². The number of rotatable bonds is 1. The molecule has 0 aromatic carbocycles. The van der Waals surface area contributed by atoms with Crippen molar-refractivity contribution in [3.63, 3.8) is 0 Å². The Morgan fingerprint density at radius 3 is 3.10 bits per heavy atom. The van der Waals surface area contributed by atoms with Gasteiger partial charge in [-0.1, -0.05) is 0 Å². The van der Waals surface area contributed by atoms with E-state index in [0.29, 0.717) is 11.4 Å². The van der Waals surface area contributed by atoms with Crippen LogP contribution in [-0.2, 0) is 6.42 Å². The average Bonchev–Trinajstić information content (AvgIpc) is 1.94. The molecule has 4 heteroatoms. The summed E-state index contributed by atoms with van der Waals surface area (Å²) in [7, 11) is 0. The van der Waals surface area contributed by atoms with Crippen LogP contribution >= 0.6 is 0 Å². The van der Waals surface area contributed by atoms with Crippen molar-refractivity contribution in [2.45, 2.75) is 6.42 Å². The van der Waals surface area contributed by atoms with E-state index >= 15 is 0 Å². The number of hydrogen-bond donors (Lipinski definition) is 1. The van der Waals surface area contributed by atoms with Crippen molar-refractivity contribution in [3.8, 4) is 6.07 Å². The summed E-state index contributed by atoms with van der Waals surface area (Å²) in [6.45, 7) is 0. The Morgan fingerprint density at radius 1 is 1.70 bits per heavy atom. The summed E-state index contributed by atoms with van der Waals surface area (Å²) in [5.41, 5.74) is 6.50. The predicted molar refractivity (Wildman–Crippen MR) is 35.8 cm³/mol. The minimum atomic E-state index is 0.244. The molecule has 0 saturated carbocycles. The summed E-state index contributed by atoms with van der Waals surface area (Å²) in [6.07, 6.45) is 3.11. The molecule has 4 nitrogen and oxygen atoms in total. The van der Waals surface area contributed by atoms with Crippen molar-refractivity contribution in [1.82, 2.24) is 9.97 Å². The van der Waals surface area contributed by atoms with E-state index in [1.807, 2.05) is 6.07 Å². The molecule has 0 atom stereocenters. The van der Waals surface area contributed by atoms with E-state index in [9.17, 15) is 0 Å². The second kappa shape index (κ2) is 2.78. The van der Waals surface area contributed by atoms with Crippen LogP contribution in [0.5, 0.6) is 0 Å². The molecule has 1 rings (SSSR count). The van der Waals surface area contributed by atoms with Crippen molar-refractivity contribution in [3.05, 3.63) is 18.2 Å². The van der Waals surface area contributed by atoms with Crippen molar-refractivity contribution in [1.29, 1.82) is 5.26 Å². The van der Waals surface area contributed by atoms with Gasteiger partial charge in [-0.25, -0.2) is 9.97 Å². The number of aromatic nitrogens is 2. The smallest absolute Gasteiger partial charge is 0.115 e. The van der Waals surface area contributed by atoms with E-state index in [-0.39, 0.29) is 6.42 Å². The Hall–Kier alpha value is -1.63. The zero-order valence-corrected chi connectivity index (χ0v) is 5.28. The summed E-state index contributed by atoms with van der Waals surface area (Å²) in [6, 6.07) is 1.95. The fourth-order valence-corrected chi connectivity index (χ4v) is 0.588. The van der Waals surface area contributed by atoms with Gasteiger partial charge in [0.15, 0.2) is 0 Å². The first kappa shape index (κ1) is 6.49. The number of hydrogen-bond acceptors (Lipinski definition) is 4. The lowest BCUT2D eigenvalue weighted by Crippen LogP contribution is -1.96. The van der Waals surface area contributed by atoms with Crippen LogP contribution in [0.15, 0.2) is 12.5 Å². The molecule has 1 aromatic rings. The molecule has 0 amide bonds. The van der Waals surface area contributed by atoms with Gasteiger partial charge in [0.25, 0.3) is 0 Å². The molecule has 10 heavy (non-hydrogen) atoms. The lowest BCUT2D eigenvalue weighted by atomic mass is 10.3. The van der Waals surface area contributed by atoms with Crippen molar-refractivity contribution < 1.29 is 0 Å². The molecule has 2 N–H and O–H groups in total. The molecule has 50 valence electrons. The topological polar surface area (TPSA) is 75.6 Å². The lowest BCUT2D eigenvalue weighted by molar-refractivity contribution is 1.06. The van der Waals surface area contributed by atoms with Gasteiger partial charge in [-0.2, -0.15) is 5.26 Å². The van der Waals surface area contributed by atoms with Crippen molar-refractivity contribution in [2.75, 3.05) is 5.73 Å². The highest BCUT2D eigenvalue weighted by molar-refractivity contribution is 5.40. The van der Waals surface area contributed by atoms with Gasteiger partial charge in [0.05, 0.1) is 30.1 Å². The maximum absolute atomic E-state index is 8.28. The summed E-state index contributed by atoms with van der Waals surface area (Å²) >= 11 is 0. The third kappa shape index (κ3) is 1.20. The van der Waals surface area contributed by atoms with Gasteiger partial charge in [-0.15, -0.1) is 0 Å². The van der Waals surface area contributed by atoms with Crippen molar-refractivity contribution in [2.24, 2.45) is 0 Å². The van der Waals surface area contributed by atoms with Crippen molar-refractivity contribution >= 4 is 5.69 Å². The van der Waals surface area contributed by atoms with Crippen LogP contribution in [0.4, 0.5) is 5.69 Å². The molecule has 0 radical (unpaired) electrons. The quantitative estimate of drug-likeness (QED) is 0.592. The molecular weight excluding hydrogens is 128 g/mol. The maximum atomic E-state index is 8.28. The zero-order valence-electron chi connectivity index (χ0n) is 5.28. The summed E-state index contributed by atoms with van der Waals surface area (Å²) < 4.78 is 0. The fraction of sp³-hybridized carbons (Fsp3) is 0.167. The van der Waals surface area contributed by atoms with Gasteiger partial charge in [0.2, 0.25) is 0 Å². The molecule has 0 unspecified atom stereocenters. The Morgan fingerprint density at radius 2 is 2.50 bits per heavy atom. The maximum Gasteiger partial charge on any atom is 0.115 e. The van der Waals surface area contributed by atoms with Crippen LogP contribution in [0.1, 0.15) is 5.69 Å². The molecule has 1 heterocycles. The Bertz CT molecular complexity index is 263. The molecule has 0 aliphatic rings. The molecule has 0 bridgehead atoms. The van der Waals surface area contributed by atoms with Gasteiger partial charge in [0.1, 0.15) is 6.33 Å². The lowest BCUT2D eigenvalue weighted by Gasteiger charge is -1.95. The number of nitrogens with zero attached hydrogens (tertiary/aromatic N) is 3. The van der Waals surface area contributed by atoms with E-state index in [1.165, 1.54) is 12.5 Å². The number of nitrogen functional groups attached to an aromatic ring is 1. The molecule has 0 spiro atoms. The summed E-state index contributed by atoms with van der Waals surface area (Å²) in [4.78, 5) is 7.49. The zero-order chi connectivity index (χ0) is 7.40. The van der Waals surface area contributed by atoms with E-state index in [2.05, 4.69) is 9.97 Å². The molecule has 0 aliphatic carbocycles. The van der Waals surface area contributed by atoms with Crippen LogP contribution in [0.3, 0.4) is 0 Å². The Kier molecular flexibility index (Phi) is 1.80. The Balaban J connectivity index is 2.94. The van der Waals surface area contributed by atoms with E-state index in [1.54, 1.807) is 0 Å². The van der Waals surface area contributed by atoms with Crippen LogP contribution in [0.25, 0.3) is 0 Å². The van der Waals surface area contributed by atoms with E-state index < -0.39 is 0 Å². The SMILES string of the molecule is N#CCc1ncncc1N. The monoisotopic (exact) mass is 134 g/mol. The minimum Gasteiger partial charge on any atom is -0.396 e. The molecule has 0 saturated heterocycles. The second-order valence-electron chi connectivity index (χ2n) is 1.76. The number of nitrogens with two attached hydrogens (primary N) is 1. The first-order chi connectivity index (χ1) is 4.84. The van der Waals surface area contributed by atoms with Gasteiger partial charge in [0, 0.05) is 0 Å². The van der Waals surface area contributed by atoms with Crippen LogP contribution in [0.2, 0.25) is 0 Å². The van der Waals surface area contributed by atoms with Crippen LogP contribution in [-0.4, -0.2) is 9.97 Å². The second-order valence-corrected chi connectivity index (χ2v) is 1.76. The molecular formula is C6H6N4. The highest BCUT2D eigenvalue weighted by Crippen LogP contribution is 2.03. The van der Waals surface area contributed by atoms with Crippen LogP contribution < -0.4 is 5.73 Å². The highest BCUT2D eigenvalue weighted by atomic mass is 14.9. The summed E-state index contributed by atoms with van der Waals surface area (Å²) in [5.74, 6) is 0. The summed E-state index contributed by atoms with van der Waals surface area (Å²) in [5, 5.41) is 8.28. The minimum absolute atomic E-state index is 0.244. The molecule has 0 aliphatic heterocycles. The molecule has 1 aromatic heterocycles. The highest BCUT2D eigenvalue weighted by Gasteiger charge is 1.96. The average molecular weight is 134 g/mol. The van der Waals surface area contributed by atoms with Gasteiger partial charge in [-0.05, 0) is 0 Å². The number of anilines is 1. The van der Waals surface area contributed by atoms with Gasteiger partial charge < -0.3 is 5.73 Å². The van der Waals surface area contributed by atoms with E-state index in [4.69, 9.17) is 11.0 Å². The largest absolute Gasteiger partial charge is 0.396 e. The standard InChI is InChI=1S/C6H6N4/c7-2-1-6-5(8)3-9-4-10-6/h3-4H,1,8H2. The Labute approximate surface area is 58.3 Å². The molecule has 0 fully saturated rings. The fourth-order valence-electron chi connectivity index (χ4n) is 0.588. The third-order valence-corrected chi connectivity index (χ3v) is 1.07. The normalized spacial score (nSPS) is 8.70. The van der Waals surface area contributed by atoms with Crippen LogP contribution in [0, 0.1) is 11.3 Å². The van der Waals surface area contributed by atoms with E-state index in [0.717, 1.165) is 0 Å².